The molecule has 7 nitrogen and oxygen atoms in total. The fourth-order valence-electron chi connectivity index (χ4n) is 2.99. The van der Waals surface area contributed by atoms with Crippen molar-refractivity contribution in [1.29, 1.82) is 0 Å². The first-order valence-corrected chi connectivity index (χ1v) is 12.2. The van der Waals surface area contributed by atoms with Gasteiger partial charge in [0.25, 0.3) is 17.7 Å². The fourth-order valence-corrected chi connectivity index (χ4v) is 4.78. The Balaban J connectivity index is 1.33. The first-order chi connectivity index (χ1) is 16.4. The number of nitrogens with zero attached hydrogens (tertiary/aromatic N) is 1. The molecule has 0 atom stereocenters. The van der Waals surface area contributed by atoms with Crippen molar-refractivity contribution in [3.63, 3.8) is 0 Å². The van der Waals surface area contributed by atoms with E-state index < -0.39 is 5.91 Å². The van der Waals surface area contributed by atoms with Crippen LogP contribution < -0.4 is 15.5 Å². The summed E-state index contributed by atoms with van der Waals surface area (Å²) in [5.41, 5.74) is 5.01. The number of hydrogen-bond donors (Lipinski definition) is 2. The number of anilines is 1. The van der Waals surface area contributed by atoms with E-state index in [4.69, 9.17) is 17.0 Å². The van der Waals surface area contributed by atoms with E-state index in [2.05, 4.69) is 10.7 Å². The van der Waals surface area contributed by atoms with Crippen molar-refractivity contribution < 1.29 is 19.1 Å². The second-order valence-corrected chi connectivity index (χ2v) is 9.78. The van der Waals surface area contributed by atoms with Gasteiger partial charge in [0.1, 0.15) is 5.75 Å². The van der Waals surface area contributed by atoms with Gasteiger partial charge in [-0.2, -0.15) is 5.01 Å². The van der Waals surface area contributed by atoms with Crippen LogP contribution in [-0.4, -0.2) is 33.7 Å². The summed E-state index contributed by atoms with van der Waals surface area (Å²) >= 11 is 7.64. The summed E-state index contributed by atoms with van der Waals surface area (Å²) in [6, 6.07) is 17.9. The van der Waals surface area contributed by atoms with Crippen LogP contribution in [0.4, 0.5) is 5.69 Å². The van der Waals surface area contributed by atoms with E-state index in [-0.39, 0.29) is 22.7 Å². The van der Waals surface area contributed by atoms with Crippen LogP contribution in [0.25, 0.3) is 6.08 Å². The van der Waals surface area contributed by atoms with Crippen molar-refractivity contribution in [2.45, 2.75) is 6.92 Å². The lowest BCUT2D eigenvalue weighted by Gasteiger charge is -2.14. The molecule has 0 bridgehead atoms. The number of carbonyl (C=O) groups excluding carboxylic acids is 3. The van der Waals surface area contributed by atoms with Gasteiger partial charge in [-0.15, -0.1) is 11.3 Å². The van der Waals surface area contributed by atoms with Crippen LogP contribution in [0, 0.1) is 6.92 Å². The topological polar surface area (TPSA) is 87.7 Å². The summed E-state index contributed by atoms with van der Waals surface area (Å²) in [6.45, 7) is 1.79. The van der Waals surface area contributed by atoms with Crippen LogP contribution in [0.2, 0.25) is 0 Å². The third kappa shape index (κ3) is 5.71. The maximum Gasteiger partial charge on any atom is 0.285 e. The SMILES string of the molecule is Cc1ccccc1NC(=O)COc1ccc(/C=C2\SC(=S)N(NC(=O)c3cccs3)C2=O)cc1. The van der Waals surface area contributed by atoms with Gasteiger partial charge in [0.2, 0.25) is 0 Å². The Morgan fingerprint density at radius 1 is 1.09 bits per heavy atom. The predicted molar refractivity (Wildman–Crippen MR) is 139 cm³/mol. The molecule has 0 spiro atoms. The highest BCUT2D eigenvalue weighted by Gasteiger charge is 2.33. The van der Waals surface area contributed by atoms with E-state index in [0.29, 0.717) is 15.5 Å². The number of thiocarbonyl (C=S) groups is 1. The van der Waals surface area contributed by atoms with E-state index in [9.17, 15) is 14.4 Å². The van der Waals surface area contributed by atoms with Crippen LogP contribution in [0.1, 0.15) is 20.8 Å². The van der Waals surface area contributed by atoms with Crippen LogP contribution in [0.5, 0.6) is 5.75 Å². The largest absolute Gasteiger partial charge is 0.484 e. The molecule has 0 radical (unpaired) electrons. The Bertz CT molecular complexity index is 1270. The average Bonchev–Trinajstić information content (AvgIpc) is 3.45. The fraction of sp³-hybridized carbons (Fsp3) is 0.0833. The minimum absolute atomic E-state index is 0.129. The van der Waals surface area contributed by atoms with Crippen molar-refractivity contribution in [3.05, 3.63) is 87.0 Å². The number of carbonyl (C=O) groups is 3. The third-order valence-corrected chi connectivity index (χ3v) is 6.89. The zero-order valence-electron chi connectivity index (χ0n) is 17.9. The summed E-state index contributed by atoms with van der Waals surface area (Å²) in [5, 5.41) is 5.68. The molecule has 3 amide bonds. The number of nitrogens with one attached hydrogen (secondary N) is 2. The van der Waals surface area contributed by atoms with Gasteiger partial charge in [0.05, 0.1) is 9.78 Å². The molecule has 4 rings (SSSR count). The number of hydrazine groups is 1. The first-order valence-electron chi connectivity index (χ1n) is 10.1. The lowest BCUT2D eigenvalue weighted by atomic mass is 10.2. The smallest absolute Gasteiger partial charge is 0.285 e. The molecular weight excluding hydrogens is 490 g/mol. The lowest BCUT2D eigenvalue weighted by molar-refractivity contribution is -0.123. The minimum Gasteiger partial charge on any atom is -0.484 e. The molecule has 2 aromatic carbocycles. The van der Waals surface area contributed by atoms with Gasteiger partial charge in [0, 0.05) is 5.69 Å². The van der Waals surface area contributed by atoms with Crippen molar-refractivity contribution in [1.82, 2.24) is 10.4 Å². The normalized spacial score (nSPS) is 14.4. The molecule has 2 heterocycles. The Hall–Kier alpha value is -3.47. The number of ether oxygens (including phenoxy) is 1. The summed E-state index contributed by atoms with van der Waals surface area (Å²) in [4.78, 5) is 38.0. The quantitative estimate of drug-likeness (QED) is 0.357. The second kappa shape index (κ2) is 10.6. The van der Waals surface area contributed by atoms with Crippen molar-refractivity contribution in [3.8, 4) is 5.75 Å². The van der Waals surface area contributed by atoms with Gasteiger partial charge in [-0.05, 0) is 66.0 Å². The molecular formula is C24H19N3O4S3. The molecule has 1 aliphatic heterocycles. The number of thioether (sulfide) groups is 1. The van der Waals surface area contributed by atoms with Crippen LogP contribution in [0.15, 0.2) is 70.9 Å². The number of thiophene rings is 1. The van der Waals surface area contributed by atoms with Crippen molar-refractivity contribution >= 4 is 69.1 Å². The summed E-state index contributed by atoms with van der Waals surface area (Å²) in [7, 11) is 0. The third-order valence-electron chi connectivity index (χ3n) is 4.72. The van der Waals surface area contributed by atoms with E-state index in [0.717, 1.165) is 33.6 Å². The molecule has 1 fully saturated rings. The summed E-state index contributed by atoms with van der Waals surface area (Å²) in [6.07, 6.45) is 1.69. The van der Waals surface area contributed by atoms with E-state index in [1.54, 1.807) is 47.9 Å². The van der Waals surface area contributed by atoms with Crippen LogP contribution >= 0.6 is 35.3 Å². The van der Waals surface area contributed by atoms with Gasteiger partial charge in [-0.25, -0.2) is 0 Å². The Kier molecular flexibility index (Phi) is 7.41. The first kappa shape index (κ1) is 23.7. The molecule has 1 aliphatic rings. The zero-order valence-corrected chi connectivity index (χ0v) is 20.4. The molecule has 172 valence electrons. The van der Waals surface area contributed by atoms with Crippen LogP contribution in [-0.2, 0) is 9.59 Å². The molecule has 1 aromatic heterocycles. The Morgan fingerprint density at radius 2 is 1.85 bits per heavy atom. The van der Waals surface area contributed by atoms with Crippen molar-refractivity contribution in [2.75, 3.05) is 11.9 Å². The molecule has 10 heteroatoms. The molecule has 0 saturated carbocycles. The van der Waals surface area contributed by atoms with E-state index in [1.807, 2.05) is 31.2 Å². The molecule has 34 heavy (non-hydrogen) atoms. The molecule has 0 unspecified atom stereocenters. The standard InChI is InChI=1S/C24H19N3O4S3/c1-15-5-2-3-6-18(15)25-21(28)14-31-17-10-8-16(9-11-17)13-20-23(30)27(24(32)34-20)26-22(29)19-7-4-12-33-19/h2-13H,14H2,1H3,(H,25,28)(H,26,29)/b20-13-. The molecule has 0 aliphatic carbocycles. The number of para-hydroxylation sites is 1. The van der Waals surface area contributed by atoms with Gasteiger partial charge < -0.3 is 10.1 Å². The monoisotopic (exact) mass is 509 g/mol. The zero-order chi connectivity index (χ0) is 24.1. The molecule has 1 saturated heterocycles. The van der Waals surface area contributed by atoms with Crippen LogP contribution in [0.3, 0.4) is 0 Å². The van der Waals surface area contributed by atoms with E-state index in [1.165, 1.54) is 11.3 Å². The maximum atomic E-state index is 12.7. The lowest BCUT2D eigenvalue weighted by Crippen LogP contribution is -2.44. The highest BCUT2D eigenvalue weighted by molar-refractivity contribution is 8.26. The van der Waals surface area contributed by atoms with Gasteiger partial charge >= 0.3 is 0 Å². The Labute approximate surface area is 209 Å². The Morgan fingerprint density at radius 3 is 2.56 bits per heavy atom. The minimum atomic E-state index is -0.395. The summed E-state index contributed by atoms with van der Waals surface area (Å²) < 4.78 is 5.81. The number of aryl methyl sites for hydroxylation is 1. The number of amides is 3. The average molecular weight is 510 g/mol. The second-order valence-electron chi connectivity index (χ2n) is 7.16. The molecule has 2 N–H and O–H groups in total. The van der Waals surface area contributed by atoms with Crippen molar-refractivity contribution in [2.24, 2.45) is 0 Å². The number of benzene rings is 2. The highest BCUT2D eigenvalue weighted by atomic mass is 32.2. The predicted octanol–water partition coefficient (Wildman–Crippen LogP) is 4.62. The molecule has 3 aromatic rings. The van der Waals surface area contributed by atoms with Gasteiger partial charge in [0.15, 0.2) is 10.9 Å². The maximum absolute atomic E-state index is 12.7. The van der Waals surface area contributed by atoms with Gasteiger partial charge in [-0.3, -0.25) is 19.8 Å². The van der Waals surface area contributed by atoms with E-state index >= 15 is 0 Å². The number of hydrogen-bond acceptors (Lipinski definition) is 7. The van der Waals surface area contributed by atoms with Gasteiger partial charge in [-0.1, -0.05) is 48.2 Å². The number of rotatable bonds is 7. The highest BCUT2D eigenvalue weighted by Crippen LogP contribution is 2.32. The summed E-state index contributed by atoms with van der Waals surface area (Å²) in [5.74, 6) is -0.520.